The normalized spacial score (nSPS) is 12.5. The Morgan fingerprint density at radius 2 is 1.84 bits per heavy atom. The zero-order chi connectivity index (χ0) is 18.6. The first-order valence-corrected chi connectivity index (χ1v) is 9.61. The highest BCUT2D eigenvalue weighted by Gasteiger charge is 2.22. The van der Waals surface area contributed by atoms with Gasteiger partial charge >= 0.3 is 0 Å². The number of nitrogens with zero attached hydrogens (tertiary/aromatic N) is 1. The van der Waals surface area contributed by atoms with Gasteiger partial charge in [0, 0.05) is 0 Å². The average molecular weight is 364 g/mol. The first-order valence-electron chi connectivity index (χ1n) is 7.76. The van der Waals surface area contributed by atoms with E-state index in [1.54, 1.807) is 37.3 Å². The van der Waals surface area contributed by atoms with Crippen molar-refractivity contribution in [2.24, 2.45) is 0 Å². The van der Waals surface area contributed by atoms with Crippen LogP contribution in [0.5, 0.6) is 0 Å². The summed E-state index contributed by atoms with van der Waals surface area (Å²) in [5.74, 6) is -0.797. The molecule has 1 atom stereocenters. The van der Waals surface area contributed by atoms with Crippen molar-refractivity contribution in [1.29, 1.82) is 0 Å². The van der Waals surface area contributed by atoms with Crippen molar-refractivity contribution in [1.82, 2.24) is 5.32 Å². The summed E-state index contributed by atoms with van der Waals surface area (Å²) in [7, 11) is -3.61. The van der Waals surface area contributed by atoms with E-state index in [9.17, 15) is 17.6 Å². The summed E-state index contributed by atoms with van der Waals surface area (Å²) in [6.45, 7) is 3.27. The molecule has 0 aliphatic carbocycles. The van der Waals surface area contributed by atoms with Crippen LogP contribution in [0.3, 0.4) is 0 Å². The van der Waals surface area contributed by atoms with Crippen LogP contribution in [0.1, 0.15) is 24.1 Å². The maximum atomic E-state index is 13.0. The second-order valence-electron chi connectivity index (χ2n) is 5.95. The zero-order valence-corrected chi connectivity index (χ0v) is 15.2. The smallest absolute Gasteiger partial charge is 0.241 e. The summed E-state index contributed by atoms with van der Waals surface area (Å²) in [6.07, 6.45) is 1.06. The molecule has 0 bridgehead atoms. The monoisotopic (exact) mass is 364 g/mol. The lowest BCUT2D eigenvalue weighted by molar-refractivity contribution is -0.120. The molecule has 5 nitrogen and oxygen atoms in total. The van der Waals surface area contributed by atoms with Crippen LogP contribution >= 0.6 is 0 Å². The van der Waals surface area contributed by atoms with Crippen molar-refractivity contribution in [2.75, 3.05) is 17.1 Å². The third kappa shape index (κ3) is 5.29. The summed E-state index contributed by atoms with van der Waals surface area (Å²) < 4.78 is 38.2. The van der Waals surface area contributed by atoms with E-state index >= 15 is 0 Å². The maximum absolute atomic E-state index is 13.0. The standard InChI is InChI=1S/C18H21FN2O3S/c1-13-5-4-6-17(11-13)21(25(3,23)24)12-18(22)20-14(2)15-7-9-16(19)10-8-15/h4-11,14H,12H2,1-3H3,(H,20,22)/t14-/m0/s1. The summed E-state index contributed by atoms with van der Waals surface area (Å²) in [4.78, 5) is 12.3. The van der Waals surface area contributed by atoms with Crippen LogP contribution in [0.2, 0.25) is 0 Å². The molecular formula is C18H21FN2O3S. The van der Waals surface area contributed by atoms with Crippen LogP contribution in [0.15, 0.2) is 48.5 Å². The second-order valence-corrected chi connectivity index (χ2v) is 7.86. The lowest BCUT2D eigenvalue weighted by Gasteiger charge is -2.23. The highest BCUT2D eigenvalue weighted by atomic mass is 32.2. The van der Waals surface area contributed by atoms with Gasteiger partial charge in [-0.15, -0.1) is 0 Å². The molecule has 0 saturated carbocycles. The number of amides is 1. The molecule has 0 aromatic heterocycles. The van der Waals surface area contributed by atoms with Gasteiger partial charge in [-0.2, -0.15) is 0 Å². The number of hydrogen-bond acceptors (Lipinski definition) is 3. The van der Waals surface area contributed by atoms with Gasteiger partial charge in [0.25, 0.3) is 0 Å². The number of carbonyl (C=O) groups excluding carboxylic acids is 1. The Balaban J connectivity index is 2.13. The molecular weight excluding hydrogens is 343 g/mol. The molecule has 7 heteroatoms. The Kier molecular flexibility index (Phi) is 5.79. The average Bonchev–Trinajstić information content (AvgIpc) is 2.52. The lowest BCUT2D eigenvalue weighted by Crippen LogP contribution is -2.41. The molecule has 25 heavy (non-hydrogen) atoms. The van der Waals surface area contributed by atoms with Gasteiger partial charge in [0.05, 0.1) is 18.0 Å². The Bertz CT molecular complexity index is 851. The van der Waals surface area contributed by atoms with Crippen LogP contribution in [0, 0.1) is 12.7 Å². The Labute approximate surface area is 147 Å². The predicted molar refractivity (Wildman–Crippen MR) is 96.3 cm³/mol. The van der Waals surface area contributed by atoms with Crippen LogP contribution in [0.4, 0.5) is 10.1 Å². The quantitative estimate of drug-likeness (QED) is 0.857. The molecule has 2 rings (SSSR count). The highest BCUT2D eigenvalue weighted by molar-refractivity contribution is 7.92. The van der Waals surface area contributed by atoms with Crippen molar-refractivity contribution in [3.8, 4) is 0 Å². The van der Waals surface area contributed by atoms with Crippen LogP contribution in [0.25, 0.3) is 0 Å². The Hall–Kier alpha value is -2.41. The second kappa shape index (κ2) is 7.65. The van der Waals surface area contributed by atoms with Crippen molar-refractivity contribution < 1.29 is 17.6 Å². The van der Waals surface area contributed by atoms with Crippen molar-refractivity contribution in [3.63, 3.8) is 0 Å². The molecule has 0 saturated heterocycles. The molecule has 0 radical (unpaired) electrons. The summed E-state index contributed by atoms with van der Waals surface area (Å²) in [6, 6.07) is 12.4. The molecule has 2 aromatic carbocycles. The molecule has 0 heterocycles. The number of halogens is 1. The number of rotatable bonds is 6. The molecule has 134 valence electrons. The van der Waals surface area contributed by atoms with E-state index in [-0.39, 0.29) is 18.4 Å². The van der Waals surface area contributed by atoms with Gasteiger partial charge in [0.2, 0.25) is 15.9 Å². The zero-order valence-electron chi connectivity index (χ0n) is 14.4. The summed E-state index contributed by atoms with van der Waals surface area (Å²) in [5, 5.41) is 2.74. The Morgan fingerprint density at radius 3 is 2.40 bits per heavy atom. The van der Waals surface area contributed by atoms with Gasteiger partial charge < -0.3 is 5.32 Å². The molecule has 0 unspecified atom stereocenters. The fourth-order valence-corrected chi connectivity index (χ4v) is 3.28. The highest BCUT2D eigenvalue weighted by Crippen LogP contribution is 2.19. The Morgan fingerprint density at radius 1 is 1.20 bits per heavy atom. The third-order valence-corrected chi connectivity index (χ3v) is 4.87. The van der Waals surface area contributed by atoms with Crippen molar-refractivity contribution >= 4 is 21.6 Å². The number of carbonyl (C=O) groups is 1. The first-order chi connectivity index (χ1) is 11.7. The molecule has 0 aliphatic rings. The molecule has 2 aromatic rings. The maximum Gasteiger partial charge on any atom is 0.241 e. The molecule has 0 aliphatic heterocycles. The van der Waals surface area contributed by atoms with E-state index in [0.717, 1.165) is 21.7 Å². The van der Waals surface area contributed by atoms with Gasteiger partial charge in [0.15, 0.2) is 0 Å². The number of nitrogens with one attached hydrogen (secondary N) is 1. The van der Waals surface area contributed by atoms with E-state index in [1.165, 1.54) is 12.1 Å². The van der Waals surface area contributed by atoms with Gasteiger partial charge in [-0.1, -0.05) is 24.3 Å². The summed E-state index contributed by atoms with van der Waals surface area (Å²) in [5.41, 5.74) is 2.06. The lowest BCUT2D eigenvalue weighted by atomic mass is 10.1. The van der Waals surface area contributed by atoms with Gasteiger partial charge in [-0.05, 0) is 49.2 Å². The van der Waals surface area contributed by atoms with Crippen molar-refractivity contribution in [2.45, 2.75) is 19.9 Å². The number of benzene rings is 2. The van der Waals surface area contributed by atoms with Crippen LogP contribution in [-0.4, -0.2) is 27.1 Å². The largest absolute Gasteiger partial charge is 0.348 e. The van der Waals surface area contributed by atoms with E-state index in [1.807, 2.05) is 13.0 Å². The topological polar surface area (TPSA) is 66.5 Å². The minimum atomic E-state index is -3.61. The van der Waals surface area contributed by atoms with Crippen molar-refractivity contribution in [3.05, 3.63) is 65.5 Å². The molecule has 0 spiro atoms. The SMILES string of the molecule is Cc1cccc(N(CC(=O)N[C@@H](C)c2ccc(F)cc2)S(C)(=O)=O)c1. The molecule has 1 N–H and O–H groups in total. The van der Waals surface area contributed by atoms with Crippen LogP contribution < -0.4 is 9.62 Å². The minimum absolute atomic E-state index is 0.326. The van der Waals surface area contributed by atoms with Gasteiger partial charge in [0.1, 0.15) is 12.4 Å². The third-order valence-electron chi connectivity index (χ3n) is 3.72. The van der Waals surface area contributed by atoms with Gasteiger partial charge in [-0.3, -0.25) is 9.10 Å². The van der Waals surface area contributed by atoms with E-state index < -0.39 is 15.9 Å². The fourth-order valence-electron chi connectivity index (χ4n) is 2.44. The van der Waals surface area contributed by atoms with Gasteiger partial charge in [-0.25, -0.2) is 12.8 Å². The number of anilines is 1. The number of aryl methyl sites for hydroxylation is 1. The molecule has 0 fully saturated rings. The number of hydrogen-bond donors (Lipinski definition) is 1. The molecule has 1 amide bonds. The minimum Gasteiger partial charge on any atom is -0.348 e. The van der Waals surface area contributed by atoms with E-state index in [4.69, 9.17) is 0 Å². The first kappa shape index (κ1) is 18.9. The predicted octanol–water partition coefficient (Wildman–Crippen LogP) is 2.78. The fraction of sp³-hybridized carbons (Fsp3) is 0.278. The van der Waals surface area contributed by atoms with Crippen LogP contribution in [-0.2, 0) is 14.8 Å². The van der Waals surface area contributed by atoms with E-state index in [0.29, 0.717) is 5.69 Å². The van der Waals surface area contributed by atoms with E-state index in [2.05, 4.69) is 5.32 Å². The summed E-state index contributed by atoms with van der Waals surface area (Å²) >= 11 is 0. The number of sulfonamides is 1.